The molecule has 1 aliphatic carbocycles. The highest BCUT2D eigenvalue weighted by molar-refractivity contribution is 7.99. The number of hydrogen-bond acceptors (Lipinski definition) is 8. The largest absolute Gasteiger partial charge is 0.485 e. The molecule has 1 aromatic carbocycles. The Morgan fingerprint density at radius 3 is 2.48 bits per heavy atom. The van der Waals surface area contributed by atoms with Gasteiger partial charge in [-0.1, -0.05) is 43.2 Å². The first-order chi connectivity index (χ1) is 16.2. The fourth-order valence-electron chi connectivity index (χ4n) is 4.53. The van der Waals surface area contributed by atoms with Gasteiger partial charge in [-0.2, -0.15) is 0 Å². The van der Waals surface area contributed by atoms with Gasteiger partial charge in [0.2, 0.25) is 17.9 Å². The second kappa shape index (κ2) is 10.0. The van der Waals surface area contributed by atoms with E-state index in [9.17, 15) is 9.59 Å². The van der Waals surface area contributed by atoms with Crippen LogP contribution in [0.1, 0.15) is 43.9 Å². The minimum atomic E-state index is -0.659. The smallest absolute Gasteiger partial charge is 0.277 e. The van der Waals surface area contributed by atoms with Crippen molar-refractivity contribution in [2.45, 2.75) is 49.3 Å². The maximum atomic E-state index is 12.9. The van der Waals surface area contributed by atoms with Crippen molar-refractivity contribution in [3.05, 3.63) is 30.2 Å². The van der Waals surface area contributed by atoms with Crippen LogP contribution in [0.5, 0.6) is 11.5 Å². The highest BCUT2D eigenvalue weighted by atomic mass is 32.2. The maximum absolute atomic E-state index is 12.9. The molecule has 2 amide bonds. The number of amides is 2. The fourth-order valence-corrected chi connectivity index (χ4v) is 5.20. The third kappa shape index (κ3) is 5.10. The lowest BCUT2D eigenvalue weighted by molar-refractivity contribution is -0.145. The van der Waals surface area contributed by atoms with E-state index >= 15 is 0 Å². The molecular weight excluding hydrogens is 444 g/mol. The summed E-state index contributed by atoms with van der Waals surface area (Å²) in [7, 11) is 0. The zero-order chi connectivity index (χ0) is 22.6. The van der Waals surface area contributed by atoms with E-state index in [1.165, 1.54) is 31.0 Å². The first-order valence-corrected chi connectivity index (χ1v) is 12.6. The van der Waals surface area contributed by atoms with Gasteiger partial charge in [0.05, 0.1) is 5.75 Å². The van der Waals surface area contributed by atoms with E-state index in [2.05, 4.69) is 10.2 Å². The quantitative estimate of drug-likeness (QED) is 0.613. The van der Waals surface area contributed by atoms with Gasteiger partial charge in [0.25, 0.3) is 11.1 Å². The van der Waals surface area contributed by atoms with E-state index in [4.69, 9.17) is 13.9 Å². The van der Waals surface area contributed by atoms with Crippen molar-refractivity contribution in [1.82, 2.24) is 20.0 Å². The number of nitrogens with zero attached hydrogens (tertiary/aromatic N) is 4. The highest BCUT2D eigenvalue weighted by Crippen LogP contribution is 2.33. The monoisotopic (exact) mass is 472 g/mol. The Balaban J connectivity index is 1.07. The van der Waals surface area contributed by atoms with E-state index in [-0.39, 0.29) is 24.2 Å². The summed E-state index contributed by atoms with van der Waals surface area (Å²) in [6.07, 6.45) is 5.21. The number of rotatable bonds is 5. The van der Waals surface area contributed by atoms with Gasteiger partial charge in [0.1, 0.15) is 6.61 Å². The minimum absolute atomic E-state index is 0.00990. The van der Waals surface area contributed by atoms with Crippen LogP contribution in [-0.2, 0) is 9.59 Å². The van der Waals surface area contributed by atoms with Crippen molar-refractivity contribution in [3.8, 4) is 11.5 Å². The molecular formula is C23H28N4O5S. The molecule has 1 saturated heterocycles. The number of thioether (sulfide) groups is 1. The molecule has 0 spiro atoms. The van der Waals surface area contributed by atoms with Crippen LogP contribution in [0.2, 0.25) is 0 Å². The van der Waals surface area contributed by atoms with Gasteiger partial charge in [0.15, 0.2) is 11.5 Å². The van der Waals surface area contributed by atoms with Crippen LogP contribution in [0.3, 0.4) is 0 Å². The van der Waals surface area contributed by atoms with Crippen LogP contribution in [-0.4, -0.2) is 76.5 Å². The number of benzene rings is 1. The predicted molar refractivity (Wildman–Crippen MR) is 120 cm³/mol. The normalized spacial score (nSPS) is 21.2. The molecule has 0 unspecified atom stereocenters. The SMILES string of the molecule is O=C(CSc1nnc(C2CCCCC2)o1)N1CCN(C(=O)[C@H]2COc3ccccc3O2)CC1. The zero-order valence-corrected chi connectivity index (χ0v) is 19.3. The number of ether oxygens (including phenoxy) is 2. The molecule has 2 fully saturated rings. The Morgan fingerprint density at radius 2 is 1.70 bits per heavy atom. The van der Waals surface area contributed by atoms with Crippen molar-refractivity contribution in [2.24, 2.45) is 0 Å². The van der Waals surface area contributed by atoms with Gasteiger partial charge >= 0.3 is 0 Å². The van der Waals surface area contributed by atoms with Crippen LogP contribution < -0.4 is 9.47 Å². The fraction of sp³-hybridized carbons (Fsp3) is 0.565. The molecule has 3 aliphatic rings. The summed E-state index contributed by atoms with van der Waals surface area (Å²) >= 11 is 1.28. The van der Waals surface area contributed by atoms with E-state index in [1.807, 2.05) is 18.2 Å². The third-order valence-corrected chi connectivity index (χ3v) is 7.23. The first-order valence-electron chi connectivity index (χ1n) is 11.6. The molecule has 0 bridgehead atoms. The Hall–Kier alpha value is -2.75. The van der Waals surface area contributed by atoms with Gasteiger partial charge in [-0.25, -0.2) is 0 Å². The summed E-state index contributed by atoms with van der Waals surface area (Å²) in [5.41, 5.74) is 0. The lowest BCUT2D eigenvalue weighted by Crippen LogP contribution is -2.55. The Kier molecular flexibility index (Phi) is 6.70. The van der Waals surface area contributed by atoms with Crippen molar-refractivity contribution in [2.75, 3.05) is 38.5 Å². The van der Waals surface area contributed by atoms with Crippen molar-refractivity contribution < 1.29 is 23.5 Å². The molecule has 176 valence electrons. The average molecular weight is 473 g/mol. The molecule has 33 heavy (non-hydrogen) atoms. The van der Waals surface area contributed by atoms with Crippen molar-refractivity contribution >= 4 is 23.6 Å². The molecule has 1 saturated carbocycles. The number of para-hydroxylation sites is 2. The molecule has 0 radical (unpaired) electrons. The van der Waals surface area contributed by atoms with Gasteiger partial charge in [0, 0.05) is 32.1 Å². The summed E-state index contributed by atoms with van der Waals surface area (Å²) in [4.78, 5) is 29.1. The van der Waals surface area contributed by atoms with Crippen LogP contribution in [0.25, 0.3) is 0 Å². The van der Waals surface area contributed by atoms with Crippen LogP contribution >= 0.6 is 11.8 Å². The molecule has 10 heteroatoms. The number of piperazine rings is 1. The van der Waals surface area contributed by atoms with Gasteiger partial charge < -0.3 is 23.7 Å². The molecule has 9 nitrogen and oxygen atoms in total. The van der Waals surface area contributed by atoms with Crippen LogP contribution in [0.4, 0.5) is 0 Å². The molecule has 0 N–H and O–H groups in total. The molecule has 2 aromatic rings. The molecule has 2 aliphatic heterocycles. The number of carbonyl (C=O) groups is 2. The molecule has 3 heterocycles. The summed E-state index contributed by atoms with van der Waals surface area (Å²) in [5, 5.41) is 8.75. The summed E-state index contributed by atoms with van der Waals surface area (Å²) in [6.45, 7) is 2.13. The van der Waals surface area contributed by atoms with Crippen LogP contribution in [0.15, 0.2) is 33.9 Å². The second-order valence-corrected chi connectivity index (χ2v) is 9.53. The summed E-state index contributed by atoms with van der Waals surface area (Å²) in [6, 6.07) is 7.34. The van der Waals surface area contributed by atoms with E-state index in [0.717, 1.165) is 12.8 Å². The standard InChI is InChI=1S/C23H28N4O5S/c28-20(15-33-23-25-24-21(32-23)16-6-2-1-3-7-16)26-10-12-27(13-11-26)22(29)19-14-30-17-8-4-5-9-18(17)31-19/h4-5,8-9,16,19H,1-3,6-7,10-15H2/t19-/m1/s1. The minimum Gasteiger partial charge on any atom is -0.485 e. The predicted octanol–water partition coefficient (Wildman–Crippen LogP) is 2.72. The molecule has 1 aromatic heterocycles. The molecule has 1 atom stereocenters. The number of hydrogen-bond donors (Lipinski definition) is 0. The zero-order valence-electron chi connectivity index (χ0n) is 18.5. The lowest BCUT2D eigenvalue weighted by atomic mass is 9.89. The maximum Gasteiger partial charge on any atom is 0.277 e. The Labute approximate surface area is 196 Å². The van der Waals surface area contributed by atoms with E-state index < -0.39 is 6.10 Å². The van der Waals surface area contributed by atoms with Gasteiger partial charge in [-0.05, 0) is 25.0 Å². The van der Waals surface area contributed by atoms with Crippen molar-refractivity contribution in [1.29, 1.82) is 0 Å². The average Bonchev–Trinajstić information content (AvgIpc) is 3.36. The van der Waals surface area contributed by atoms with Crippen LogP contribution in [0, 0.1) is 0 Å². The third-order valence-electron chi connectivity index (χ3n) is 6.42. The van der Waals surface area contributed by atoms with Gasteiger partial charge in [-0.15, -0.1) is 10.2 Å². The molecule has 5 rings (SSSR count). The van der Waals surface area contributed by atoms with E-state index in [0.29, 0.717) is 54.7 Å². The summed E-state index contributed by atoms with van der Waals surface area (Å²) < 4.78 is 17.3. The highest BCUT2D eigenvalue weighted by Gasteiger charge is 2.33. The lowest BCUT2D eigenvalue weighted by Gasteiger charge is -2.37. The van der Waals surface area contributed by atoms with E-state index in [1.54, 1.807) is 15.9 Å². The van der Waals surface area contributed by atoms with Gasteiger partial charge in [-0.3, -0.25) is 9.59 Å². The topological polar surface area (TPSA) is 98.0 Å². The Bertz CT molecular complexity index is 985. The first kappa shape index (κ1) is 22.1. The van der Waals surface area contributed by atoms with Crippen molar-refractivity contribution in [3.63, 3.8) is 0 Å². The number of aromatic nitrogens is 2. The summed E-state index contributed by atoms with van der Waals surface area (Å²) in [5.74, 6) is 2.45. The Morgan fingerprint density at radius 1 is 0.970 bits per heavy atom. The number of fused-ring (bicyclic) bond motifs is 1. The second-order valence-electron chi connectivity index (χ2n) is 8.60. The number of carbonyl (C=O) groups excluding carboxylic acids is 2.